The van der Waals surface area contributed by atoms with E-state index in [-0.39, 0.29) is 11.4 Å². The first-order chi connectivity index (χ1) is 8.29. The second kappa shape index (κ2) is 4.96. The van der Waals surface area contributed by atoms with Gasteiger partial charge in [0.2, 0.25) is 5.91 Å². The predicted octanol–water partition coefficient (Wildman–Crippen LogP) is -0.500. The van der Waals surface area contributed by atoms with Crippen LogP contribution in [0, 0.1) is 5.82 Å². The highest BCUT2D eigenvalue weighted by Crippen LogP contribution is 2.15. The van der Waals surface area contributed by atoms with Crippen LogP contribution in [-0.2, 0) is 4.79 Å². The second-order valence-corrected chi connectivity index (χ2v) is 4.11. The van der Waals surface area contributed by atoms with Crippen LogP contribution < -0.4 is 22.3 Å². The summed E-state index contributed by atoms with van der Waals surface area (Å²) in [5.41, 5.74) is 5.54. The zero-order valence-electron chi connectivity index (χ0n) is 9.95. The standard InChI is InChI=1S/C10H14FN5O2/c1-10(2,9(12)18)15-8(17)5-3-4-14-7(16-13)6(5)11/h3-4H,13H2,1-2H3,(H2,12,18)(H,14,16)(H,15,17). The number of nitrogens with one attached hydrogen (secondary N) is 2. The molecule has 1 aromatic rings. The van der Waals surface area contributed by atoms with Crippen molar-refractivity contribution >= 4 is 17.6 Å². The van der Waals surface area contributed by atoms with Gasteiger partial charge in [-0.15, -0.1) is 0 Å². The zero-order chi connectivity index (χ0) is 13.9. The van der Waals surface area contributed by atoms with Gasteiger partial charge in [-0.25, -0.2) is 15.2 Å². The summed E-state index contributed by atoms with van der Waals surface area (Å²) in [4.78, 5) is 26.5. The molecule has 0 aliphatic rings. The summed E-state index contributed by atoms with van der Waals surface area (Å²) < 4.78 is 13.7. The van der Waals surface area contributed by atoms with Crippen molar-refractivity contribution in [3.63, 3.8) is 0 Å². The third-order valence-corrected chi connectivity index (χ3v) is 2.31. The number of nitrogens with two attached hydrogens (primary N) is 2. The van der Waals surface area contributed by atoms with Gasteiger partial charge in [-0.2, -0.15) is 0 Å². The molecule has 0 unspecified atom stereocenters. The van der Waals surface area contributed by atoms with Crippen LogP contribution in [0.25, 0.3) is 0 Å². The van der Waals surface area contributed by atoms with Crippen molar-refractivity contribution in [2.45, 2.75) is 19.4 Å². The molecule has 0 bridgehead atoms. The largest absolute Gasteiger partial charge is 0.368 e. The lowest BCUT2D eigenvalue weighted by Gasteiger charge is -2.22. The van der Waals surface area contributed by atoms with Crippen molar-refractivity contribution in [1.29, 1.82) is 0 Å². The summed E-state index contributed by atoms with van der Waals surface area (Å²) in [5, 5.41) is 2.31. The molecular weight excluding hydrogens is 241 g/mol. The average Bonchev–Trinajstić information content (AvgIpc) is 2.28. The summed E-state index contributed by atoms with van der Waals surface area (Å²) in [6.07, 6.45) is 1.21. The molecule has 98 valence electrons. The third-order valence-electron chi connectivity index (χ3n) is 2.31. The van der Waals surface area contributed by atoms with Crippen LogP contribution in [-0.4, -0.2) is 22.3 Å². The molecule has 0 spiro atoms. The summed E-state index contributed by atoms with van der Waals surface area (Å²) in [7, 11) is 0. The van der Waals surface area contributed by atoms with Crippen molar-refractivity contribution in [3.05, 3.63) is 23.6 Å². The van der Waals surface area contributed by atoms with Crippen molar-refractivity contribution in [2.24, 2.45) is 11.6 Å². The lowest BCUT2D eigenvalue weighted by atomic mass is 10.0. The van der Waals surface area contributed by atoms with Gasteiger partial charge in [-0.3, -0.25) is 9.59 Å². The Morgan fingerprint density at radius 2 is 2.06 bits per heavy atom. The fourth-order valence-corrected chi connectivity index (χ4v) is 1.13. The molecule has 0 aliphatic carbocycles. The van der Waals surface area contributed by atoms with Gasteiger partial charge in [-0.1, -0.05) is 0 Å². The molecule has 1 aromatic heterocycles. The Balaban J connectivity index is 3.02. The molecule has 8 heteroatoms. The number of hydrazine groups is 1. The Labute approximate surface area is 103 Å². The van der Waals surface area contributed by atoms with Gasteiger partial charge in [-0.05, 0) is 19.9 Å². The quantitative estimate of drug-likeness (QED) is 0.426. The number of halogens is 1. The fourth-order valence-electron chi connectivity index (χ4n) is 1.13. The molecule has 18 heavy (non-hydrogen) atoms. The van der Waals surface area contributed by atoms with E-state index in [9.17, 15) is 14.0 Å². The Hall–Kier alpha value is -2.22. The van der Waals surface area contributed by atoms with Crippen LogP contribution in [0.4, 0.5) is 10.2 Å². The summed E-state index contributed by atoms with van der Waals surface area (Å²) >= 11 is 0. The Morgan fingerprint density at radius 1 is 1.44 bits per heavy atom. The molecule has 1 rings (SSSR count). The maximum absolute atomic E-state index is 13.7. The number of pyridine rings is 1. The van der Waals surface area contributed by atoms with Crippen LogP contribution in [0.2, 0.25) is 0 Å². The van der Waals surface area contributed by atoms with Gasteiger partial charge in [0, 0.05) is 6.20 Å². The van der Waals surface area contributed by atoms with Gasteiger partial charge in [0.15, 0.2) is 11.6 Å². The summed E-state index contributed by atoms with van der Waals surface area (Å²) in [6, 6.07) is 1.17. The van der Waals surface area contributed by atoms with Crippen LogP contribution in [0.15, 0.2) is 12.3 Å². The van der Waals surface area contributed by atoms with E-state index in [1.165, 1.54) is 26.1 Å². The van der Waals surface area contributed by atoms with Crippen molar-refractivity contribution < 1.29 is 14.0 Å². The molecule has 0 aromatic carbocycles. The van der Waals surface area contributed by atoms with E-state index >= 15 is 0 Å². The number of carbonyl (C=O) groups is 2. The smallest absolute Gasteiger partial charge is 0.255 e. The first kappa shape index (κ1) is 13.8. The van der Waals surface area contributed by atoms with E-state index in [0.717, 1.165) is 0 Å². The number of hydrogen-bond acceptors (Lipinski definition) is 5. The number of anilines is 1. The summed E-state index contributed by atoms with van der Waals surface area (Å²) in [5.74, 6) is 2.35. The first-order valence-corrected chi connectivity index (χ1v) is 5.03. The third kappa shape index (κ3) is 2.72. The predicted molar refractivity (Wildman–Crippen MR) is 62.7 cm³/mol. The topological polar surface area (TPSA) is 123 Å². The van der Waals surface area contributed by atoms with Crippen LogP contribution in [0.5, 0.6) is 0 Å². The van der Waals surface area contributed by atoms with Crippen LogP contribution in [0.3, 0.4) is 0 Å². The Morgan fingerprint density at radius 3 is 2.56 bits per heavy atom. The minimum absolute atomic E-state index is 0.264. The number of primary amides is 1. The van der Waals surface area contributed by atoms with E-state index in [4.69, 9.17) is 11.6 Å². The SMILES string of the molecule is CC(C)(NC(=O)c1ccnc(NN)c1F)C(N)=O. The van der Waals surface area contributed by atoms with E-state index < -0.39 is 23.2 Å². The van der Waals surface area contributed by atoms with Crippen molar-refractivity contribution in [2.75, 3.05) is 5.43 Å². The monoisotopic (exact) mass is 255 g/mol. The van der Waals surface area contributed by atoms with E-state index in [2.05, 4.69) is 10.3 Å². The highest BCUT2D eigenvalue weighted by molar-refractivity contribution is 5.99. The van der Waals surface area contributed by atoms with Crippen molar-refractivity contribution in [3.8, 4) is 0 Å². The van der Waals surface area contributed by atoms with Gasteiger partial charge < -0.3 is 16.5 Å². The lowest BCUT2D eigenvalue weighted by molar-refractivity contribution is -0.122. The number of amides is 2. The molecule has 0 saturated heterocycles. The van der Waals surface area contributed by atoms with Crippen LogP contribution >= 0.6 is 0 Å². The highest BCUT2D eigenvalue weighted by Gasteiger charge is 2.28. The fraction of sp³-hybridized carbons (Fsp3) is 0.300. The van der Waals surface area contributed by atoms with E-state index in [1.54, 1.807) is 0 Å². The molecule has 7 nitrogen and oxygen atoms in total. The maximum Gasteiger partial charge on any atom is 0.255 e. The number of hydrogen-bond donors (Lipinski definition) is 4. The molecule has 0 fully saturated rings. The normalized spacial score (nSPS) is 10.9. The molecule has 0 atom stereocenters. The molecule has 0 radical (unpaired) electrons. The number of aromatic nitrogens is 1. The molecule has 0 aliphatic heterocycles. The second-order valence-electron chi connectivity index (χ2n) is 4.11. The van der Waals surface area contributed by atoms with Gasteiger partial charge in [0.25, 0.3) is 5.91 Å². The number of nitrogen functional groups attached to an aromatic ring is 1. The first-order valence-electron chi connectivity index (χ1n) is 5.03. The maximum atomic E-state index is 13.7. The number of carbonyl (C=O) groups excluding carboxylic acids is 2. The van der Waals surface area contributed by atoms with Gasteiger partial charge in [0.1, 0.15) is 5.54 Å². The van der Waals surface area contributed by atoms with Crippen LogP contribution in [0.1, 0.15) is 24.2 Å². The van der Waals surface area contributed by atoms with Crippen molar-refractivity contribution in [1.82, 2.24) is 10.3 Å². The zero-order valence-corrected chi connectivity index (χ0v) is 9.95. The summed E-state index contributed by atoms with van der Waals surface area (Å²) in [6.45, 7) is 2.82. The van der Waals surface area contributed by atoms with E-state index in [0.29, 0.717) is 0 Å². The van der Waals surface area contributed by atoms with Gasteiger partial charge >= 0.3 is 0 Å². The number of nitrogens with zero attached hydrogens (tertiary/aromatic N) is 1. The molecule has 0 saturated carbocycles. The molecule has 2 amide bonds. The minimum Gasteiger partial charge on any atom is -0.368 e. The van der Waals surface area contributed by atoms with Gasteiger partial charge in [0.05, 0.1) is 5.56 Å². The minimum atomic E-state index is -1.29. The lowest BCUT2D eigenvalue weighted by Crippen LogP contribution is -2.53. The molecular formula is C10H14FN5O2. The number of rotatable bonds is 4. The van der Waals surface area contributed by atoms with E-state index in [1.807, 2.05) is 5.43 Å². The average molecular weight is 255 g/mol. The highest BCUT2D eigenvalue weighted by atomic mass is 19.1. The molecule has 1 heterocycles. The Kier molecular flexibility index (Phi) is 3.82. The molecule has 6 N–H and O–H groups in total. The Bertz CT molecular complexity index is 489.